The number of unbranched alkanes of at least 4 members (excludes halogenated alkanes) is 5. The van der Waals surface area contributed by atoms with Gasteiger partial charge in [0.15, 0.2) is 0 Å². The van der Waals surface area contributed by atoms with Crippen molar-refractivity contribution in [1.29, 1.82) is 0 Å². The quantitative estimate of drug-likeness (QED) is 0.281. The molecule has 30 heavy (non-hydrogen) atoms. The molecule has 0 fully saturated rings. The lowest BCUT2D eigenvalue weighted by atomic mass is 9.97. The average molecular weight is 403 g/mol. The van der Waals surface area contributed by atoms with Gasteiger partial charge >= 0.3 is 0 Å². The van der Waals surface area contributed by atoms with Gasteiger partial charge in [-0.1, -0.05) is 113 Å². The Hall–Kier alpha value is -2.41. The van der Waals surface area contributed by atoms with Crippen molar-refractivity contribution in [2.75, 3.05) is 0 Å². The van der Waals surface area contributed by atoms with Crippen LogP contribution in [0.4, 0.5) is 4.39 Å². The van der Waals surface area contributed by atoms with Crippen molar-refractivity contribution in [1.82, 2.24) is 0 Å². The molecule has 0 aliphatic rings. The summed E-state index contributed by atoms with van der Waals surface area (Å²) >= 11 is 0. The van der Waals surface area contributed by atoms with Crippen LogP contribution in [-0.4, -0.2) is 0 Å². The van der Waals surface area contributed by atoms with E-state index in [4.69, 9.17) is 0 Å². The molecule has 0 N–H and O–H groups in total. The van der Waals surface area contributed by atoms with Gasteiger partial charge in [0.1, 0.15) is 5.82 Å². The van der Waals surface area contributed by atoms with E-state index >= 15 is 0 Å². The molecule has 0 nitrogen and oxygen atoms in total. The van der Waals surface area contributed by atoms with Crippen molar-refractivity contribution in [3.63, 3.8) is 0 Å². The van der Waals surface area contributed by atoms with Crippen molar-refractivity contribution >= 4 is 0 Å². The fraction of sp³-hybridized carbons (Fsp3) is 0.379. The summed E-state index contributed by atoms with van der Waals surface area (Å²) in [6, 6.07) is 22.5. The van der Waals surface area contributed by atoms with Gasteiger partial charge in [-0.05, 0) is 53.1 Å². The topological polar surface area (TPSA) is 0 Å². The third kappa shape index (κ3) is 6.29. The van der Waals surface area contributed by atoms with E-state index in [0.717, 1.165) is 36.0 Å². The average Bonchev–Trinajstić information content (AvgIpc) is 2.77. The fourth-order valence-corrected chi connectivity index (χ4v) is 4.04. The zero-order chi connectivity index (χ0) is 21.2. The number of benzene rings is 3. The van der Waals surface area contributed by atoms with Crippen LogP contribution in [-0.2, 0) is 12.8 Å². The Balaban J connectivity index is 1.62. The van der Waals surface area contributed by atoms with Crippen molar-refractivity contribution in [3.8, 4) is 22.3 Å². The summed E-state index contributed by atoms with van der Waals surface area (Å²) in [5, 5.41) is 0. The molecule has 0 radical (unpaired) electrons. The standard InChI is InChI=1S/C29H35F/c1-3-5-6-7-8-9-11-24-14-18-26(19-15-24)28-21-20-27(22-29(28)30)25-16-12-23(10-4-2)13-17-25/h12-22H,3-11H2,1-2H3. The molecule has 0 aliphatic carbocycles. The minimum absolute atomic E-state index is 0.159. The number of aryl methyl sites for hydroxylation is 2. The van der Waals surface area contributed by atoms with Gasteiger partial charge in [-0.2, -0.15) is 0 Å². The first-order chi connectivity index (χ1) is 14.7. The van der Waals surface area contributed by atoms with Crippen LogP contribution in [0.25, 0.3) is 22.3 Å². The molecule has 0 heterocycles. The molecule has 0 bridgehead atoms. The van der Waals surface area contributed by atoms with Crippen LogP contribution in [0.2, 0.25) is 0 Å². The Kier molecular flexibility index (Phi) is 8.68. The van der Waals surface area contributed by atoms with Crippen LogP contribution in [0.3, 0.4) is 0 Å². The highest BCUT2D eigenvalue weighted by Crippen LogP contribution is 2.29. The van der Waals surface area contributed by atoms with Gasteiger partial charge in [0.25, 0.3) is 0 Å². The summed E-state index contributed by atoms with van der Waals surface area (Å²) in [5.74, 6) is -0.159. The van der Waals surface area contributed by atoms with E-state index < -0.39 is 0 Å². The van der Waals surface area contributed by atoms with Gasteiger partial charge in [0.2, 0.25) is 0 Å². The summed E-state index contributed by atoms with van der Waals surface area (Å²) in [6.45, 7) is 4.44. The first kappa shape index (κ1) is 22.3. The lowest BCUT2D eigenvalue weighted by Gasteiger charge is -2.09. The smallest absolute Gasteiger partial charge is 0.131 e. The normalized spacial score (nSPS) is 11.0. The van der Waals surface area contributed by atoms with Crippen molar-refractivity contribution in [3.05, 3.63) is 83.7 Å². The first-order valence-corrected chi connectivity index (χ1v) is 11.7. The molecule has 1 heteroatoms. The lowest BCUT2D eigenvalue weighted by Crippen LogP contribution is -1.90. The Morgan fingerprint density at radius 2 is 1.10 bits per heavy atom. The van der Waals surface area contributed by atoms with Gasteiger partial charge < -0.3 is 0 Å². The molecule has 158 valence electrons. The molecule has 3 rings (SSSR count). The predicted octanol–water partition coefficient (Wildman–Crippen LogP) is 9.02. The summed E-state index contributed by atoms with van der Waals surface area (Å²) in [6.07, 6.45) is 11.2. The second kappa shape index (κ2) is 11.7. The SMILES string of the molecule is CCCCCCCCc1ccc(-c2ccc(-c3ccc(CCC)cc3)cc2F)cc1. The highest BCUT2D eigenvalue weighted by atomic mass is 19.1. The van der Waals surface area contributed by atoms with E-state index in [2.05, 4.69) is 62.4 Å². The molecule has 3 aromatic rings. The van der Waals surface area contributed by atoms with Gasteiger partial charge in [-0.15, -0.1) is 0 Å². The third-order valence-electron chi connectivity index (χ3n) is 5.88. The van der Waals surface area contributed by atoms with Crippen LogP contribution in [0.1, 0.15) is 69.9 Å². The van der Waals surface area contributed by atoms with E-state index in [1.54, 1.807) is 6.07 Å². The maximum absolute atomic E-state index is 14.9. The third-order valence-corrected chi connectivity index (χ3v) is 5.88. The largest absolute Gasteiger partial charge is 0.206 e. The number of hydrogen-bond donors (Lipinski definition) is 0. The molecule has 0 atom stereocenters. The van der Waals surface area contributed by atoms with Crippen LogP contribution < -0.4 is 0 Å². The molecule has 0 unspecified atom stereocenters. The summed E-state index contributed by atoms with van der Waals surface area (Å²) < 4.78 is 14.9. The maximum atomic E-state index is 14.9. The van der Waals surface area contributed by atoms with Crippen LogP contribution in [0.5, 0.6) is 0 Å². The Bertz CT molecular complexity index is 891. The van der Waals surface area contributed by atoms with Crippen LogP contribution in [0.15, 0.2) is 66.7 Å². The van der Waals surface area contributed by atoms with Crippen molar-refractivity contribution in [2.45, 2.75) is 71.6 Å². The van der Waals surface area contributed by atoms with E-state index in [1.807, 2.05) is 12.1 Å². The number of hydrogen-bond acceptors (Lipinski definition) is 0. The van der Waals surface area contributed by atoms with Gasteiger partial charge in [-0.25, -0.2) is 4.39 Å². The molecule has 0 spiro atoms. The van der Waals surface area contributed by atoms with E-state index in [-0.39, 0.29) is 5.82 Å². The van der Waals surface area contributed by atoms with Gasteiger partial charge in [0.05, 0.1) is 0 Å². The zero-order valence-corrected chi connectivity index (χ0v) is 18.6. The molecule has 0 aliphatic heterocycles. The van der Waals surface area contributed by atoms with Crippen LogP contribution in [0, 0.1) is 5.82 Å². The van der Waals surface area contributed by atoms with E-state index in [0.29, 0.717) is 5.56 Å². The van der Waals surface area contributed by atoms with E-state index in [9.17, 15) is 4.39 Å². The minimum Gasteiger partial charge on any atom is -0.206 e. The first-order valence-electron chi connectivity index (χ1n) is 11.7. The summed E-state index contributed by atoms with van der Waals surface area (Å²) in [5.41, 5.74) is 6.29. The monoisotopic (exact) mass is 402 g/mol. The van der Waals surface area contributed by atoms with Gasteiger partial charge in [0, 0.05) is 5.56 Å². The van der Waals surface area contributed by atoms with E-state index in [1.165, 1.54) is 49.7 Å². The Morgan fingerprint density at radius 3 is 1.73 bits per heavy atom. The summed E-state index contributed by atoms with van der Waals surface area (Å²) in [4.78, 5) is 0. The van der Waals surface area contributed by atoms with Crippen LogP contribution >= 0.6 is 0 Å². The zero-order valence-electron chi connectivity index (χ0n) is 18.6. The number of halogens is 1. The highest BCUT2D eigenvalue weighted by molar-refractivity contribution is 5.71. The Labute approximate surface area is 182 Å². The predicted molar refractivity (Wildman–Crippen MR) is 128 cm³/mol. The minimum atomic E-state index is -0.159. The molecule has 0 amide bonds. The summed E-state index contributed by atoms with van der Waals surface area (Å²) in [7, 11) is 0. The second-order valence-corrected chi connectivity index (χ2v) is 8.36. The fourth-order valence-electron chi connectivity index (χ4n) is 4.04. The van der Waals surface area contributed by atoms with Crippen molar-refractivity contribution < 1.29 is 4.39 Å². The maximum Gasteiger partial charge on any atom is 0.131 e. The molecule has 0 saturated carbocycles. The molecule has 0 aromatic heterocycles. The lowest BCUT2D eigenvalue weighted by molar-refractivity contribution is 0.607. The molecule has 0 saturated heterocycles. The molecular formula is C29H35F. The Morgan fingerprint density at radius 1 is 0.533 bits per heavy atom. The molecular weight excluding hydrogens is 367 g/mol. The molecule has 3 aromatic carbocycles. The second-order valence-electron chi connectivity index (χ2n) is 8.36. The highest BCUT2D eigenvalue weighted by Gasteiger charge is 2.08. The van der Waals surface area contributed by atoms with Gasteiger partial charge in [-0.3, -0.25) is 0 Å². The van der Waals surface area contributed by atoms with Crippen molar-refractivity contribution in [2.24, 2.45) is 0 Å². The number of rotatable bonds is 11.